The lowest BCUT2D eigenvalue weighted by Crippen LogP contribution is -2.79. The fourth-order valence-corrected chi connectivity index (χ4v) is 5.24. The summed E-state index contributed by atoms with van der Waals surface area (Å²) in [5.74, 6) is 0. The van der Waals surface area contributed by atoms with Gasteiger partial charge in [0.2, 0.25) is 13.7 Å². The first kappa shape index (κ1) is 19.2. The van der Waals surface area contributed by atoms with Crippen molar-refractivity contribution >= 4 is 128 Å². The molecule has 0 aromatic rings. The van der Waals surface area contributed by atoms with Crippen molar-refractivity contribution < 1.29 is 5.11 Å². The minimum absolute atomic E-state index is 2.51. The van der Waals surface area contributed by atoms with Gasteiger partial charge in [-0.2, -0.15) is 0 Å². The molecule has 12 heteroatoms. The maximum atomic E-state index is 12.3. The van der Waals surface area contributed by atoms with Crippen LogP contribution in [0.1, 0.15) is 0 Å². The van der Waals surface area contributed by atoms with Gasteiger partial charge in [0.15, 0.2) is 13.0 Å². The van der Waals surface area contributed by atoms with Gasteiger partial charge in [-0.3, -0.25) is 0 Å². The third-order valence-electron chi connectivity index (χ3n) is 2.39. The second-order valence-electron chi connectivity index (χ2n) is 3.47. The van der Waals surface area contributed by atoms with Gasteiger partial charge in [0, 0.05) is 0 Å². The van der Waals surface area contributed by atoms with Crippen LogP contribution in [0.5, 0.6) is 0 Å². The SMILES string of the molecule is [O]C1(Cl)C(Cl)(Cl)C(Cl)(Cl)C(Cl)(Cl)C(Cl)(Cl)C1(Cl)Cl. The van der Waals surface area contributed by atoms with Crippen molar-refractivity contribution in [2.75, 3.05) is 0 Å². The molecular formula is C6Cl11O. The van der Waals surface area contributed by atoms with Crippen molar-refractivity contribution in [3.8, 4) is 0 Å². The van der Waals surface area contributed by atoms with E-state index in [1.165, 1.54) is 0 Å². The molecule has 1 saturated carbocycles. The van der Waals surface area contributed by atoms with E-state index in [0.29, 0.717) is 0 Å². The zero-order valence-electron chi connectivity index (χ0n) is 7.57. The summed E-state index contributed by atoms with van der Waals surface area (Å²) in [7, 11) is 0. The molecule has 1 rings (SSSR count). The summed E-state index contributed by atoms with van der Waals surface area (Å²) >= 11 is 63.6. The van der Waals surface area contributed by atoms with E-state index in [2.05, 4.69) is 0 Å². The van der Waals surface area contributed by atoms with Crippen LogP contribution in [0, 0.1) is 0 Å². The zero-order chi connectivity index (χ0) is 15.0. The molecule has 1 aliphatic rings. The normalized spacial score (nSPS) is 34.0. The van der Waals surface area contributed by atoms with Gasteiger partial charge in [-0.15, -0.1) is 0 Å². The zero-order valence-corrected chi connectivity index (χ0v) is 15.9. The molecule has 0 aromatic carbocycles. The third kappa shape index (κ3) is 1.93. The lowest BCUT2D eigenvalue weighted by atomic mass is 9.91. The largest absolute Gasteiger partial charge is 0.247 e. The Labute approximate surface area is 158 Å². The maximum Gasteiger partial charge on any atom is 0.247 e. The monoisotopic (exact) mass is 473 g/mol. The smallest absolute Gasteiger partial charge is 0.205 e. The van der Waals surface area contributed by atoms with E-state index < -0.39 is 26.7 Å². The molecule has 0 amide bonds. The Balaban J connectivity index is 3.72. The molecule has 1 fully saturated rings. The average molecular weight is 478 g/mol. The number of hydrogen-bond donors (Lipinski definition) is 0. The number of hydrogen-bond acceptors (Lipinski definition) is 0. The van der Waals surface area contributed by atoms with Crippen LogP contribution in [-0.2, 0) is 5.11 Å². The Morgan fingerprint density at radius 2 is 0.556 bits per heavy atom. The van der Waals surface area contributed by atoms with Crippen molar-refractivity contribution in [3.05, 3.63) is 0 Å². The Hall–Kier alpha value is 3.15. The second kappa shape index (κ2) is 4.82. The standard InChI is InChI=1S/C6Cl11O/c7-1(8)2(9,10)4(13,14)6(17,18)5(15,16)3(1,11)12. The van der Waals surface area contributed by atoms with E-state index in [4.69, 9.17) is 128 Å². The molecule has 0 unspecified atom stereocenters. The quantitative estimate of drug-likeness (QED) is 0.368. The van der Waals surface area contributed by atoms with Crippen molar-refractivity contribution in [1.29, 1.82) is 0 Å². The van der Waals surface area contributed by atoms with Crippen molar-refractivity contribution in [2.24, 2.45) is 0 Å². The predicted molar refractivity (Wildman–Crippen MR) is 81.5 cm³/mol. The highest BCUT2D eigenvalue weighted by molar-refractivity contribution is 6.80. The van der Waals surface area contributed by atoms with Crippen molar-refractivity contribution in [3.63, 3.8) is 0 Å². The Kier molecular flexibility index (Phi) is 5.14. The summed E-state index contributed by atoms with van der Waals surface area (Å²) in [6, 6.07) is 0. The summed E-state index contributed by atoms with van der Waals surface area (Å²) < 4.78 is -13.1. The van der Waals surface area contributed by atoms with Gasteiger partial charge in [-0.1, -0.05) is 128 Å². The first-order chi connectivity index (χ1) is 7.50. The second-order valence-corrected chi connectivity index (χ2v) is 10.6. The molecule has 0 aromatic heterocycles. The number of halogens is 11. The van der Waals surface area contributed by atoms with Crippen LogP contribution < -0.4 is 0 Å². The molecule has 107 valence electrons. The molecular weight excluding hydrogens is 478 g/mol. The summed E-state index contributed by atoms with van der Waals surface area (Å²) in [4.78, 5) is 0. The molecule has 1 aliphatic carbocycles. The lowest BCUT2D eigenvalue weighted by Gasteiger charge is -2.60. The van der Waals surface area contributed by atoms with Crippen LogP contribution in [0.3, 0.4) is 0 Å². The minimum atomic E-state index is -3.12. The Bertz CT molecular complexity index is 253. The van der Waals surface area contributed by atoms with Gasteiger partial charge in [-0.25, -0.2) is 5.11 Å². The first-order valence-corrected chi connectivity index (χ1v) is 7.94. The molecule has 1 radical (unpaired) electrons. The summed E-state index contributed by atoms with van der Waals surface area (Å²) in [6.45, 7) is 0. The van der Waals surface area contributed by atoms with Gasteiger partial charge in [0.1, 0.15) is 0 Å². The fraction of sp³-hybridized carbons (Fsp3) is 1.00. The molecule has 0 N–H and O–H groups in total. The molecule has 0 spiro atoms. The number of alkyl halides is 11. The van der Waals surface area contributed by atoms with Gasteiger partial charge in [0.25, 0.3) is 0 Å². The molecule has 18 heavy (non-hydrogen) atoms. The average Bonchev–Trinajstić information content (AvgIpc) is 2.14. The van der Waals surface area contributed by atoms with Crippen molar-refractivity contribution in [2.45, 2.75) is 26.7 Å². The molecule has 0 bridgehead atoms. The minimum Gasteiger partial charge on any atom is -0.205 e. The van der Waals surface area contributed by atoms with Crippen LogP contribution >= 0.6 is 128 Å². The van der Waals surface area contributed by atoms with Crippen LogP contribution in [0.15, 0.2) is 0 Å². The van der Waals surface area contributed by atoms with Gasteiger partial charge in [-0.05, 0) is 0 Å². The van der Waals surface area contributed by atoms with E-state index in [9.17, 15) is 5.11 Å². The van der Waals surface area contributed by atoms with Crippen molar-refractivity contribution in [1.82, 2.24) is 0 Å². The Morgan fingerprint density at radius 3 is 0.778 bits per heavy atom. The first-order valence-electron chi connectivity index (χ1n) is 3.78. The maximum absolute atomic E-state index is 12.3. The van der Waals surface area contributed by atoms with E-state index >= 15 is 0 Å². The van der Waals surface area contributed by atoms with Gasteiger partial charge >= 0.3 is 0 Å². The molecule has 0 atom stereocenters. The van der Waals surface area contributed by atoms with Crippen LogP contribution in [0.25, 0.3) is 0 Å². The summed E-state index contributed by atoms with van der Waals surface area (Å²) in [5.41, 5.74) is 0. The molecule has 0 aliphatic heterocycles. The van der Waals surface area contributed by atoms with E-state index in [1.807, 2.05) is 0 Å². The van der Waals surface area contributed by atoms with E-state index in [1.54, 1.807) is 0 Å². The van der Waals surface area contributed by atoms with Crippen LogP contribution in [-0.4, -0.2) is 26.7 Å². The fourth-order valence-electron chi connectivity index (χ4n) is 1.19. The van der Waals surface area contributed by atoms with Gasteiger partial charge in [0.05, 0.1) is 0 Å². The third-order valence-corrected chi connectivity index (χ3v) is 10.5. The van der Waals surface area contributed by atoms with Crippen LogP contribution in [0.2, 0.25) is 0 Å². The predicted octanol–water partition coefficient (Wildman–Crippen LogP) is 6.24. The molecule has 1 nitrogen and oxygen atoms in total. The summed E-state index contributed by atoms with van der Waals surface area (Å²) in [6.07, 6.45) is 0. The molecule has 0 saturated heterocycles. The Morgan fingerprint density at radius 1 is 0.389 bits per heavy atom. The van der Waals surface area contributed by atoms with Gasteiger partial charge < -0.3 is 0 Å². The highest BCUT2D eigenvalue weighted by Crippen LogP contribution is 2.76. The van der Waals surface area contributed by atoms with Crippen LogP contribution in [0.4, 0.5) is 0 Å². The molecule has 0 heterocycles. The van der Waals surface area contributed by atoms with E-state index in [-0.39, 0.29) is 0 Å². The topological polar surface area (TPSA) is 19.9 Å². The number of rotatable bonds is 0. The highest BCUT2D eigenvalue weighted by Gasteiger charge is 2.89. The van der Waals surface area contributed by atoms with E-state index in [0.717, 1.165) is 0 Å². The lowest BCUT2D eigenvalue weighted by molar-refractivity contribution is -0.00910. The highest BCUT2D eigenvalue weighted by atomic mass is 35.6. The summed E-state index contributed by atoms with van der Waals surface area (Å²) in [5, 5.41) is 9.21.